The fraction of sp³-hybridized carbons (Fsp3) is 0.643. The molecule has 1 aliphatic carbocycles. The second kappa shape index (κ2) is 5.50. The van der Waals surface area contributed by atoms with Gasteiger partial charge in [0.05, 0.1) is 12.8 Å². The Morgan fingerprint density at radius 3 is 2.88 bits per heavy atom. The van der Waals surface area contributed by atoms with Crippen LogP contribution >= 0.6 is 0 Å². The van der Waals surface area contributed by atoms with E-state index in [1.165, 1.54) is 12.8 Å². The van der Waals surface area contributed by atoms with E-state index < -0.39 is 0 Å². The molecular formula is C14H22N2O. The van der Waals surface area contributed by atoms with Gasteiger partial charge in [-0.25, -0.2) is 0 Å². The molecule has 1 heterocycles. The first-order chi connectivity index (χ1) is 8.19. The van der Waals surface area contributed by atoms with Crippen LogP contribution in [0.3, 0.4) is 0 Å². The van der Waals surface area contributed by atoms with E-state index in [-0.39, 0.29) is 0 Å². The molecule has 0 bridgehead atoms. The SMILES string of the molecule is COc1cc(C)nc(CNCC(C)C2CC2)c1. The van der Waals surface area contributed by atoms with Gasteiger partial charge in [0.2, 0.25) is 0 Å². The van der Waals surface area contributed by atoms with Crippen LogP contribution in [0.15, 0.2) is 12.1 Å². The molecule has 0 spiro atoms. The van der Waals surface area contributed by atoms with Gasteiger partial charge in [0.25, 0.3) is 0 Å². The summed E-state index contributed by atoms with van der Waals surface area (Å²) in [5, 5.41) is 3.48. The van der Waals surface area contributed by atoms with Crippen LogP contribution in [0.1, 0.15) is 31.2 Å². The summed E-state index contributed by atoms with van der Waals surface area (Å²) in [7, 11) is 1.70. The molecule has 0 amide bonds. The van der Waals surface area contributed by atoms with Gasteiger partial charge in [0.1, 0.15) is 5.75 Å². The lowest BCUT2D eigenvalue weighted by atomic mass is 10.1. The second-order valence-electron chi connectivity index (χ2n) is 5.09. The lowest BCUT2D eigenvalue weighted by molar-refractivity contribution is 0.412. The van der Waals surface area contributed by atoms with Crippen molar-refractivity contribution in [1.82, 2.24) is 10.3 Å². The Morgan fingerprint density at radius 2 is 2.24 bits per heavy atom. The van der Waals surface area contributed by atoms with Crippen LogP contribution in [0.2, 0.25) is 0 Å². The minimum absolute atomic E-state index is 0.793. The molecule has 94 valence electrons. The molecule has 0 aliphatic heterocycles. The monoisotopic (exact) mass is 234 g/mol. The summed E-state index contributed by atoms with van der Waals surface area (Å²) in [6, 6.07) is 3.96. The zero-order chi connectivity index (χ0) is 12.3. The number of ether oxygens (including phenoxy) is 1. The van der Waals surface area contributed by atoms with Crippen molar-refractivity contribution in [3.63, 3.8) is 0 Å². The van der Waals surface area contributed by atoms with E-state index in [2.05, 4.69) is 17.2 Å². The highest BCUT2D eigenvalue weighted by atomic mass is 16.5. The maximum Gasteiger partial charge on any atom is 0.122 e. The molecule has 1 aromatic rings. The predicted molar refractivity (Wildman–Crippen MR) is 69.1 cm³/mol. The highest BCUT2D eigenvalue weighted by Crippen LogP contribution is 2.36. The molecule has 1 fully saturated rings. The molecule has 3 heteroatoms. The summed E-state index contributed by atoms with van der Waals surface area (Å²) < 4.78 is 5.24. The first kappa shape index (κ1) is 12.4. The lowest BCUT2D eigenvalue weighted by Gasteiger charge is -2.11. The van der Waals surface area contributed by atoms with Gasteiger partial charge >= 0.3 is 0 Å². The third kappa shape index (κ3) is 3.70. The Balaban J connectivity index is 1.83. The minimum Gasteiger partial charge on any atom is -0.497 e. The van der Waals surface area contributed by atoms with Crippen molar-refractivity contribution in [2.75, 3.05) is 13.7 Å². The summed E-state index contributed by atoms with van der Waals surface area (Å²) in [5.74, 6) is 2.65. The standard InChI is InChI=1S/C14H22N2O/c1-10(12-4-5-12)8-15-9-13-7-14(17-3)6-11(2)16-13/h6-7,10,12,15H,4-5,8-9H2,1-3H3. The fourth-order valence-electron chi connectivity index (χ4n) is 2.17. The largest absolute Gasteiger partial charge is 0.497 e. The molecule has 1 N–H and O–H groups in total. The molecule has 1 saturated carbocycles. The van der Waals surface area contributed by atoms with Gasteiger partial charge in [-0.2, -0.15) is 0 Å². The molecule has 1 aliphatic rings. The van der Waals surface area contributed by atoms with E-state index in [1.54, 1.807) is 7.11 Å². The molecule has 1 unspecified atom stereocenters. The van der Waals surface area contributed by atoms with E-state index >= 15 is 0 Å². The molecular weight excluding hydrogens is 212 g/mol. The van der Waals surface area contributed by atoms with E-state index in [0.717, 1.165) is 42.1 Å². The molecule has 17 heavy (non-hydrogen) atoms. The normalized spacial score (nSPS) is 16.9. The van der Waals surface area contributed by atoms with E-state index in [4.69, 9.17) is 4.74 Å². The van der Waals surface area contributed by atoms with Crippen LogP contribution in [0.25, 0.3) is 0 Å². The number of methoxy groups -OCH3 is 1. The number of nitrogens with one attached hydrogen (secondary N) is 1. The molecule has 0 aromatic carbocycles. The smallest absolute Gasteiger partial charge is 0.122 e. The summed E-state index contributed by atoms with van der Waals surface area (Å²) in [4.78, 5) is 4.50. The number of aromatic nitrogens is 1. The fourth-order valence-corrected chi connectivity index (χ4v) is 2.17. The van der Waals surface area contributed by atoms with Crippen molar-refractivity contribution in [1.29, 1.82) is 0 Å². The topological polar surface area (TPSA) is 34.1 Å². The van der Waals surface area contributed by atoms with Crippen LogP contribution in [0, 0.1) is 18.8 Å². The molecule has 1 atom stereocenters. The average Bonchev–Trinajstić information content (AvgIpc) is 3.12. The average molecular weight is 234 g/mol. The van der Waals surface area contributed by atoms with Crippen molar-refractivity contribution in [2.24, 2.45) is 11.8 Å². The van der Waals surface area contributed by atoms with Crippen molar-refractivity contribution in [3.8, 4) is 5.75 Å². The van der Waals surface area contributed by atoms with Gasteiger partial charge in [-0.1, -0.05) is 6.92 Å². The maximum absolute atomic E-state index is 5.24. The molecule has 0 radical (unpaired) electrons. The Labute approximate surface area is 104 Å². The van der Waals surface area contributed by atoms with Gasteiger partial charge < -0.3 is 10.1 Å². The molecule has 2 rings (SSSR count). The zero-order valence-corrected chi connectivity index (χ0v) is 11.0. The van der Waals surface area contributed by atoms with Crippen molar-refractivity contribution in [3.05, 3.63) is 23.5 Å². The van der Waals surface area contributed by atoms with Gasteiger partial charge in [-0.05, 0) is 38.1 Å². The third-order valence-electron chi connectivity index (χ3n) is 3.41. The Kier molecular flexibility index (Phi) is 4.00. The summed E-state index contributed by atoms with van der Waals surface area (Å²) in [5.41, 5.74) is 2.07. The molecule has 1 aromatic heterocycles. The number of nitrogens with zero attached hydrogens (tertiary/aromatic N) is 1. The maximum atomic E-state index is 5.24. The predicted octanol–water partition coefficient (Wildman–Crippen LogP) is 2.53. The van der Waals surface area contributed by atoms with Gasteiger partial charge in [0, 0.05) is 24.4 Å². The van der Waals surface area contributed by atoms with Crippen molar-refractivity contribution < 1.29 is 4.74 Å². The molecule has 3 nitrogen and oxygen atoms in total. The number of rotatable bonds is 6. The summed E-state index contributed by atoms with van der Waals surface area (Å²) in [6.07, 6.45) is 2.83. The number of aryl methyl sites for hydroxylation is 1. The Hall–Kier alpha value is -1.09. The van der Waals surface area contributed by atoms with Gasteiger partial charge in [-0.15, -0.1) is 0 Å². The Bertz CT molecular complexity index is 374. The van der Waals surface area contributed by atoms with Crippen LogP contribution in [0.5, 0.6) is 5.75 Å². The first-order valence-electron chi connectivity index (χ1n) is 6.41. The second-order valence-corrected chi connectivity index (χ2v) is 5.09. The minimum atomic E-state index is 0.793. The number of pyridine rings is 1. The number of hydrogen-bond donors (Lipinski definition) is 1. The van der Waals surface area contributed by atoms with Crippen molar-refractivity contribution in [2.45, 2.75) is 33.2 Å². The quantitative estimate of drug-likeness (QED) is 0.821. The van der Waals surface area contributed by atoms with E-state index in [1.807, 2.05) is 19.1 Å². The van der Waals surface area contributed by atoms with Crippen LogP contribution < -0.4 is 10.1 Å². The first-order valence-corrected chi connectivity index (χ1v) is 6.41. The van der Waals surface area contributed by atoms with Gasteiger partial charge in [-0.3, -0.25) is 4.98 Å². The van der Waals surface area contributed by atoms with Gasteiger partial charge in [0.15, 0.2) is 0 Å². The lowest BCUT2D eigenvalue weighted by Crippen LogP contribution is -2.22. The Morgan fingerprint density at radius 1 is 1.47 bits per heavy atom. The van der Waals surface area contributed by atoms with Crippen LogP contribution in [0.4, 0.5) is 0 Å². The third-order valence-corrected chi connectivity index (χ3v) is 3.41. The summed E-state index contributed by atoms with van der Waals surface area (Å²) >= 11 is 0. The van der Waals surface area contributed by atoms with Crippen LogP contribution in [-0.2, 0) is 6.54 Å². The van der Waals surface area contributed by atoms with Crippen molar-refractivity contribution >= 4 is 0 Å². The highest BCUT2D eigenvalue weighted by molar-refractivity contribution is 5.26. The highest BCUT2D eigenvalue weighted by Gasteiger charge is 2.27. The molecule has 0 saturated heterocycles. The van der Waals surface area contributed by atoms with Crippen LogP contribution in [-0.4, -0.2) is 18.6 Å². The van der Waals surface area contributed by atoms with E-state index in [0.29, 0.717) is 0 Å². The zero-order valence-electron chi connectivity index (χ0n) is 11.0. The summed E-state index contributed by atoms with van der Waals surface area (Å²) in [6.45, 7) is 6.24. The van der Waals surface area contributed by atoms with E-state index in [9.17, 15) is 0 Å². The number of hydrogen-bond acceptors (Lipinski definition) is 3.